The van der Waals surface area contributed by atoms with Gasteiger partial charge in [0, 0.05) is 35.8 Å². The molecule has 0 aromatic carbocycles. The molecule has 1 aliphatic heterocycles. The van der Waals surface area contributed by atoms with Crippen LogP contribution in [0.15, 0.2) is 42.0 Å². The number of rotatable bonds is 4. The Bertz CT molecular complexity index is 1080. The Hall–Kier alpha value is -2.71. The number of pyridine rings is 1. The van der Waals surface area contributed by atoms with E-state index >= 15 is 0 Å². The summed E-state index contributed by atoms with van der Waals surface area (Å²) in [5.41, 5.74) is 3.86. The summed E-state index contributed by atoms with van der Waals surface area (Å²) in [6, 6.07) is 7.90. The molecule has 1 saturated heterocycles. The lowest BCUT2D eigenvalue weighted by Crippen LogP contribution is -2.33. The lowest BCUT2D eigenvalue weighted by Gasteiger charge is -2.30. The Morgan fingerprint density at radius 1 is 1.14 bits per heavy atom. The molecular formula is C20H21N7S. The number of hydrogen-bond acceptors (Lipinski definition) is 7. The highest BCUT2D eigenvalue weighted by Crippen LogP contribution is 2.28. The van der Waals surface area contributed by atoms with Crippen LogP contribution in [0.25, 0.3) is 16.9 Å². The average molecular weight is 392 g/mol. The lowest BCUT2D eigenvalue weighted by molar-refractivity contribution is 0.199. The molecule has 5 heterocycles. The molecule has 0 amide bonds. The van der Waals surface area contributed by atoms with E-state index in [1.807, 2.05) is 35.0 Å². The summed E-state index contributed by atoms with van der Waals surface area (Å²) in [5.74, 6) is 1.34. The second-order valence-corrected chi connectivity index (χ2v) is 8.26. The quantitative estimate of drug-likeness (QED) is 0.531. The molecule has 0 saturated carbocycles. The van der Waals surface area contributed by atoms with E-state index in [4.69, 9.17) is 5.10 Å². The second kappa shape index (κ2) is 7.37. The fourth-order valence-electron chi connectivity index (χ4n) is 3.79. The summed E-state index contributed by atoms with van der Waals surface area (Å²) < 4.78 is 1.91. The van der Waals surface area contributed by atoms with E-state index in [-0.39, 0.29) is 0 Å². The molecule has 1 fully saturated rings. The minimum atomic E-state index is 0.375. The molecule has 5 rings (SSSR count). The highest BCUT2D eigenvalue weighted by atomic mass is 32.1. The fourth-order valence-corrected chi connectivity index (χ4v) is 4.39. The molecular weight excluding hydrogens is 370 g/mol. The van der Waals surface area contributed by atoms with E-state index in [1.165, 1.54) is 5.69 Å². The Morgan fingerprint density at radius 3 is 2.79 bits per heavy atom. The van der Waals surface area contributed by atoms with E-state index < -0.39 is 0 Å². The van der Waals surface area contributed by atoms with Crippen molar-refractivity contribution in [2.24, 2.45) is 0 Å². The summed E-state index contributed by atoms with van der Waals surface area (Å²) in [4.78, 5) is 11.3. The van der Waals surface area contributed by atoms with Crippen LogP contribution in [-0.4, -0.2) is 47.8 Å². The lowest BCUT2D eigenvalue weighted by atomic mass is 9.96. The third-order valence-electron chi connectivity index (χ3n) is 5.25. The number of hydrogen-bond donors (Lipinski definition) is 0. The first-order chi connectivity index (χ1) is 13.8. The summed E-state index contributed by atoms with van der Waals surface area (Å²) in [6.07, 6.45) is 5.72. The zero-order valence-corrected chi connectivity index (χ0v) is 16.5. The normalized spacial score (nSPS) is 16.0. The molecule has 7 nitrogen and oxygen atoms in total. The number of piperidine rings is 1. The van der Waals surface area contributed by atoms with Crippen LogP contribution in [0.5, 0.6) is 0 Å². The zero-order valence-electron chi connectivity index (χ0n) is 15.7. The van der Waals surface area contributed by atoms with Gasteiger partial charge >= 0.3 is 0 Å². The van der Waals surface area contributed by atoms with E-state index in [0.717, 1.165) is 60.2 Å². The predicted molar refractivity (Wildman–Crippen MR) is 108 cm³/mol. The van der Waals surface area contributed by atoms with Gasteiger partial charge in [-0.05, 0) is 57.1 Å². The largest absolute Gasteiger partial charge is 0.297 e. The molecule has 0 spiro atoms. The minimum absolute atomic E-state index is 0.375. The van der Waals surface area contributed by atoms with Gasteiger partial charge in [0.15, 0.2) is 11.5 Å². The van der Waals surface area contributed by atoms with Gasteiger partial charge in [-0.1, -0.05) is 0 Å². The molecule has 4 aromatic heterocycles. The summed E-state index contributed by atoms with van der Waals surface area (Å²) in [5, 5.41) is 16.9. The molecule has 0 bridgehead atoms. The Morgan fingerprint density at radius 2 is 2.04 bits per heavy atom. The zero-order chi connectivity index (χ0) is 18.9. The van der Waals surface area contributed by atoms with Crippen molar-refractivity contribution in [3.8, 4) is 11.3 Å². The van der Waals surface area contributed by atoms with Gasteiger partial charge in [0.05, 0.1) is 16.4 Å². The first kappa shape index (κ1) is 17.4. The maximum Gasteiger partial charge on any atom is 0.177 e. The van der Waals surface area contributed by atoms with Crippen LogP contribution in [0.1, 0.15) is 35.3 Å². The smallest absolute Gasteiger partial charge is 0.177 e. The number of thiazole rings is 1. The molecule has 0 radical (unpaired) electrons. The van der Waals surface area contributed by atoms with Crippen LogP contribution < -0.4 is 0 Å². The monoisotopic (exact) mass is 391 g/mol. The Balaban J connectivity index is 1.34. The molecule has 28 heavy (non-hydrogen) atoms. The third-order valence-corrected chi connectivity index (χ3v) is 6.07. The minimum Gasteiger partial charge on any atom is -0.297 e. The highest BCUT2D eigenvalue weighted by Gasteiger charge is 2.25. The first-order valence-electron chi connectivity index (χ1n) is 9.52. The van der Waals surface area contributed by atoms with Crippen LogP contribution in [0.3, 0.4) is 0 Å². The van der Waals surface area contributed by atoms with E-state index in [0.29, 0.717) is 5.92 Å². The maximum atomic E-state index is 4.80. The predicted octanol–water partition coefficient (Wildman–Crippen LogP) is 3.33. The van der Waals surface area contributed by atoms with Crippen LogP contribution in [0, 0.1) is 6.92 Å². The number of nitrogens with zero attached hydrogens (tertiary/aromatic N) is 7. The molecule has 8 heteroatoms. The van der Waals surface area contributed by atoms with Crippen molar-refractivity contribution in [3.63, 3.8) is 0 Å². The molecule has 0 unspecified atom stereocenters. The summed E-state index contributed by atoms with van der Waals surface area (Å²) >= 11 is 1.72. The third kappa shape index (κ3) is 3.41. The Kier molecular flexibility index (Phi) is 4.58. The number of fused-ring (bicyclic) bond motifs is 1. The standard InChI is InChI=1S/C20H21N7S/c1-14-22-17(13-28-14)12-26-9-6-15(7-10-26)20-24-23-19-5-4-18(25-27(19)20)16-3-2-8-21-11-16/h2-5,8,11,13,15H,6-7,9-10,12H2,1H3. The van der Waals surface area contributed by atoms with Crippen molar-refractivity contribution in [1.82, 2.24) is 34.7 Å². The molecule has 0 aliphatic carbocycles. The molecule has 142 valence electrons. The van der Waals surface area contributed by atoms with Gasteiger partial charge in [-0.25, -0.2) is 4.98 Å². The Labute approximate surface area is 167 Å². The first-order valence-corrected chi connectivity index (χ1v) is 10.4. The van der Waals surface area contributed by atoms with Gasteiger partial charge in [0.25, 0.3) is 0 Å². The van der Waals surface area contributed by atoms with Gasteiger partial charge < -0.3 is 0 Å². The van der Waals surface area contributed by atoms with Crippen molar-refractivity contribution in [2.75, 3.05) is 13.1 Å². The summed E-state index contributed by atoms with van der Waals surface area (Å²) in [7, 11) is 0. The van der Waals surface area contributed by atoms with Gasteiger partial charge in [-0.2, -0.15) is 9.61 Å². The topological polar surface area (TPSA) is 72.1 Å². The number of aromatic nitrogens is 6. The van der Waals surface area contributed by atoms with E-state index in [9.17, 15) is 0 Å². The van der Waals surface area contributed by atoms with E-state index in [2.05, 4.69) is 37.4 Å². The fraction of sp³-hybridized carbons (Fsp3) is 0.350. The van der Waals surface area contributed by atoms with Crippen molar-refractivity contribution in [1.29, 1.82) is 0 Å². The van der Waals surface area contributed by atoms with Gasteiger partial charge in [-0.3, -0.25) is 9.88 Å². The van der Waals surface area contributed by atoms with Crippen LogP contribution in [0.4, 0.5) is 0 Å². The van der Waals surface area contributed by atoms with E-state index in [1.54, 1.807) is 17.5 Å². The molecule has 0 atom stereocenters. The average Bonchev–Trinajstić information content (AvgIpc) is 3.35. The summed E-state index contributed by atoms with van der Waals surface area (Å²) in [6.45, 7) is 5.07. The SMILES string of the molecule is Cc1nc(CN2CCC(c3nnc4ccc(-c5cccnc5)nn34)CC2)cs1. The van der Waals surface area contributed by atoms with Gasteiger partial charge in [0.1, 0.15) is 0 Å². The van der Waals surface area contributed by atoms with Crippen LogP contribution in [-0.2, 0) is 6.54 Å². The van der Waals surface area contributed by atoms with Gasteiger partial charge in [-0.15, -0.1) is 21.5 Å². The molecule has 4 aromatic rings. The van der Waals surface area contributed by atoms with Crippen LogP contribution >= 0.6 is 11.3 Å². The van der Waals surface area contributed by atoms with Crippen molar-refractivity contribution < 1.29 is 0 Å². The van der Waals surface area contributed by atoms with Crippen molar-refractivity contribution in [3.05, 3.63) is 58.6 Å². The van der Waals surface area contributed by atoms with Crippen LogP contribution in [0.2, 0.25) is 0 Å². The van der Waals surface area contributed by atoms with Crippen molar-refractivity contribution in [2.45, 2.75) is 32.2 Å². The van der Waals surface area contributed by atoms with Crippen molar-refractivity contribution >= 4 is 17.0 Å². The maximum absolute atomic E-state index is 4.80. The molecule has 0 N–H and O–H groups in total. The van der Waals surface area contributed by atoms with Gasteiger partial charge in [0.2, 0.25) is 0 Å². The number of aryl methyl sites for hydroxylation is 1. The highest BCUT2D eigenvalue weighted by molar-refractivity contribution is 7.09. The molecule has 1 aliphatic rings. The second-order valence-electron chi connectivity index (χ2n) is 7.20. The number of likely N-dealkylation sites (tertiary alicyclic amines) is 1.